The molecule has 0 spiro atoms. The Morgan fingerprint density at radius 1 is 0.861 bits per heavy atom. The topological polar surface area (TPSA) is 77.4 Å². The van der Waals surface area contributed by atoms with Crippen LogP contribution in [0.15, 0.2) is 58.5 Å². The van der Waals surface area contributed by atoms with Gasteiger partial charge in [-0.15, -0.1) is 0 Å². The molecule has 36 heavy (non-hydrogen) atoms. The van der Waals surface area contributed by atoms with E-state index in [-0.39, 0.29) is 26.4 Å². The van der Waals surface area contributed by atoms with E-state index in [1.807, 2.05) is 0 Å². The van der Waals surface area contributed by atoms with E-state index >= 15 is 0 Å². The standard InChI is InChI=1S/C24H20Cl4N2O5S/c1-33-20-10-13(11-21(34-2)24(20)35-3)19-12-18(16-8-9-17(26)23(28)22(16)27)29-30(19)36(31,32)15-6-4-14(25)5-7-15/h4-11,19H,12H2,1-3H3. The molecular formula is C24H20Cl4N2O5S. The van der Waals surface area contributed by atoms with Gasteiger partial charge in [-0.1, -0.05) is 46.4 Å². The molecule has 1 atom stereocenters. The second-order valence-electron chi connectivity index (χ2n) is 7.68. The summed E-state index contributed by atoms with van der Waals surface area (Å²) in [6.07, 6.45) is 0.184. The van der Waals surface area contributed by atoms with Gasteiger partial charge in [-0.2, -0.15) is 17.9 Å². The van der Waals surface area contributed by atoms with Crippen molar-refractivity contribution in [3.8, 4) is 17.2 Å². The van der Waals surface area contributed by atoms with Gasteiger partial charge in [-0.05, 0) is 54.1 Å². The van der Waals surface area contributed by atoms with E-state index in [0.717, 1.165) is 4.41 Å². The molecule has 0 saturated carbocycles. The summed E-state index contributed by atoms with van der Waals surface area (Å²) in [6, 6.07) is 11.7. The third-order valence-electron chi connectivity index (χ3n) is 5.65. The van der Waals surface area contributed by atoms with Crippen LogP contribution in [-0.4, -0.2) is 39.9 Å². The lowest BCUT2D eigenvalue weighted by molar-refractivity contribution is 0.319. The van der Waals surface area contributed by atoms with Crippen LogP contribution in [0, 0.1) is 0 Å². The molecule has 7 nitrogen and oxygen atoms in total. The number of methoxy groups -OCH3 is 3. The van der Waals surface area contributed by atoms with Crippen molar-refractivity contribution in [2.24, 2.45) is 5.10 Å². The molecule has 1 heterocycles. The van der Waals surface area contributed by atoms with Gasteiger partial charge in [0.25, 0.3) is 10.0 Å². The van der Waals surface area contributed by atoms with Gasteiger partial charge < -0.3 is 14.2 Å². The monoisotopic (exact) mass is 588 g/mol. The molecule has 0 aliphatic carbocycles. The number of hydrazone groups is 1. The Bertz CT molecular complexity index is 1420. The summed E-state index contributed by atoms with van der Waals surface area (Å²) < 4.78 is 44.9. The van der Waals surface area contributed by atoms with Gasteiger partial charge in [0.2, 0.25) is 5.75 Å². The number of halogens is 4. The molecule has 12 heteroatoms. The number of benzene rings is 3. The number of hydrogen-bond donors (Lipinski definition) is 0. The van der Waals surface area contributed by atoms with E-state index in [0.29, 0.717) is 39.1 Å². The van der Waals surface area contributed by atoms with Gasteiger partial charge in [0.1, 0.15) is 0 Å². The fourth-order valence-corrected chi connectivity index (χ4v) is 6.08. The first-order valence-electron chi connectivity index (χ1n) is 10.4. The Balaban J connectivity index is 1.90. The smallest absolute Gasteiger partial charge is 0.279 e. The van der Waals surface area contributed by atoms with Crippen LogP contribution in [0.3, 0.4) is 0 Å². The number of rotatable bonds is 7. The molecule has 0 radical (unpaired) electrons. The van der Waals surface area contributed by atoms with Gasteiger partial charge >= 0.3 is 0 Å². The summed E-state index contributed by atoms with van der Waals surface area (Å²) in [5.74, 6) is 1.12. The summed E-state index contributed by atoms with van der Waals surface area (Å²) in [5.41, 5.74) is 1.45. The van der Waals surface area contributed by atoms with Gasteiger partial charge in [0.15, 0.2) is 11.5 Å². The van der Waals surface area contributed by atoms with Gasteiger partial charge in [0.05, 0.1) is 53.0 Å². The molecule has 1 aliphatic rings. The first-order chi connectivity index (χ1) is 17.1. The maximum absolute atomic E-state index is 13.8. The molecule has 0 amide bonds. The minimum atomic E-state index is -4.11. The number of hydrogen-bond acceptors (Lipinski definition) is 6. The van der Waals surface area contributed by atoms with E-state index in [4.69, 9.17) is 60.6 Å². The molecule has 0 N–H and O–H groups in total. The molecule has 190 valence electrons. The van der Waals surface area contributed by atoms with Crippen LogP contribution in [0.5, 0.6) is 17.2 Å². The van der Waals surface area contributed by atoms with Crippen molar-refractivity contribution in [1.82, 2.24) is 4.41 Å². The lowest BCUT2D eigenvalue weighted by atomic mass is 9.98. The highest BCUT2D eigenvalue weighted by Gasteiger charge is 2.39. The van der Waals surface area contributed by atoms with Crippen LogP contribution in [0.4, 0.5) is 0 Å². The third kappa shape index (κ3) is 4.80. The van der Waals surface area contributed by atoms with E-state index in [9.17, 15) is 8.42 Å². The zero-order valence-corrected chi connectivity index (χ0v) is 23.1. The summed E-state index contributed by atoms with van der Waals surface area (Å²) in [7, 11) is 0.342. The maximum atomic E-state index is 13.8. The fraction of sp³-hybridized carbons (Fsp3) is 0.208. The van der Waals surface area contributed by atoms with Crippen molar-refractivity contribution < 1.29 is 22.6 Å². The summed E-state index contributed by atoms with van der Waals surface area (Å²) in [6.45, 7) is 0. The molecule has 4 rings (SSSR count). The van der Waals surface area contributed by atoms with E-state index in [1.165, 1.54) is 45.6 Å². The van der Waals surface area contributed by atoms with Crippen molar-refractivity contribution in [1.29, 1.82) is 0 Å². The minimum Gasteiger partial charge on any atom is -0.493 e. The predicted molar refractivity (Wildman–Crippen MR) is 142 cm³/mol. The van der Waals surface area contributed by atoms with Crippen molar-refractivity contribution >= 4 is 62.1 Å². The van der Waals surface area contributed by atoms with Crippen molar-refractivity contribution in [3.63, 3.8) is 0 Å². The Morgan fingerprint density at radius 2 is 1.47 bits per heavy atom. The van der Waals surface area contributed by atoms with Crippen LogP contribution in [0.25, 0.3) is 0 Å². The lowest BCUT2D eigenvalue weighted by Gasteiger charge is -2.25. The van der Waals surface area contributed by atoms with E-state index in [2.05, 4.69) is 5.10 Å². The highest BCUT2D eigenvalue weighted by Crippen LogP contribution is 2.45. The molecule has 0 saturated heterocycles. The molecular weight excluding hydrogens is 570 g/mol. The summed E-state index contributed by atoms with van der Waals surface area (Å²) in [5, 5.41) is 5.51. The van der Waals surface area contributed by atoms with Crippen molar-refractivity contribution in [3.05, 3.63) is 79.7 Å². The normalized spacial score (nSPS) is 15.6. The second-order valence-corrected chi connectivity index (χ2v) is 11.1. The van der Waals surface area contributed by atoms with Gasteiger partial charge in [-0.25, -0.2) is 0 Å². The SMILES string of the molecule is COc1cc(C2CC(c3ccc(Cl)c(Cl)c3Cl)=NN2S(=O)(=O)c2ccc(Cl)cc2)cc(OC)c1OC. The summed E-state index contributed by atoms with van der Waals surface area (Å²) in [4.78, 5) is 0.0228. The molecule has 0 fully saturated rings. The van der Waals surface area contributed by atoms with Gasteiger partial charge in [0, 0.05) is 17.0 Å². The van der Waals surface area contributed by atoms with Crippen LogP contribution in [-0.2, 0) is 10.0 Å². The number of sulfonamides is 1. The zero-order chi connectivity index (χ0) is 26.2. The summed E-state index contributed by atoms with van der Waals surface area (Å²) >= 11 is 24.8. The van der Waals surface area contributed by atoms with Crippen LogP contribution >= 0.6 is 46.4 Å². The Labute approximate surface area is 229 Å². The Hall–Kier alpha value is -2.36. The van der Waals surface area contributed by atoms with Gasteiger partial charge in [-0.3, -0.25) is 0 Å². The quantitative estimate of drug-likeness (QED) is 0.281. The molecule has 0 bridgehead atoms. The van der Waals surface area contributed by atoms with E-state index < -0.39 is 16.1 Å². The second kappa shape index (κ2) is 10.6. The highest BCUT2D eigenvalue weighted by molar-refractivity contribution is 7.89. The molecule has 0 aromatic heterocycles. The van der Waals surface area contributed by atoms with Crippen LogP contribution in [0.1, 0.15) is 23.6 Å². The Kier molecular flexibility index (Phi) is 7.83. The first-order valence-corrected chi connectivity index (χ1v) is 13.4. The van der Waals surface area contributed by atoms with Crippen LogP contribution < -0.4 is 14.2 Å². The maximum Gasteiger partial charge on any atom is 0.279 e. The first kappa shape index (κ1) is 26.7. The predicted octanol–water partition coefficient (Wildman–Crippen LogP) is 6.87. The molecule has 1 aliphatic heterocycles. The van der Waals surface area contributed by atoms with Crippen LogP contribution in [0.2, 0.25) is 20.1 Å². The zero-order valence-electron chi connectivity index (χ0n) is 19.3. The molecule has 3 aromatic rings. The Morgan fingerprint density at radius 3 is 2.03 bits per heavy atom. The van der Waals surface area contributed by atoms with E-state index in [1.54, 1.807) is 24.3 Å². The number of ether oxygens (including phenoxy) is 3. The lowest BCUT2D eigenvalue weighted by Crippen LogP contribution is -2.27. The fourth-order valence-electron chi connectivity index (χ4n) is 3.88. The largest absolute Gasteiger partial charge is 0.493 e. The average Bonchev–Trinajstić information content (AvgIpc) is 3.33. The number of nitrogens with zero attached hydrogens (tertiary/aromatic N) is 2. The highest BCUT2D eigenvalue weighted by atomic mass is 35.5. The molecule has 1 unspecified atom stereocenters. The van der Waals surface area contributed by atoms with Crippen molar-refractivity contribution in [2.45, 2.75) is 17.4 Å². The minimum absolute atomic E-state index is 0.0228. The molecule has 3 aromatic carbocycles. The average molecular weight is 590 g/mol. The third-order valence-corrected chi connectivity index (χ3v) is 8.89. The van der Waals surface area contributed by atoms with Crippen molar-refractivity contribution in [2.75, 3.05) is 21.3 Å².